The summed E-state index contributed by atoms with van der Waals surface area (Å²) in [6.07, 6.45) is 0. The van der Waals surface area contributed by atoms with E-state index < -0.39 is 13.2 Å². The first kappa shape index (κ1) is 23.9. The largest absolute Gasteiger partial charge is 0.392 e. The number of ether oxygens (including phenoxy) is 1. The minimum atomic E-state index is -0.425. The van der Waals surface area contributed by atoms with Crippen LogP contribution in [0.3, 0.4) is 0 Å². The number of halogens is 8. The monoisotopic (exact) mass is 530 g/mol. The summed E-state index contributed by atoms with van der Waals surface area (Å²) in [5.74, 6) is 0. The second-order valence-corrected chi connectivity index (χ2v) is 8.26. The molecule has 11 heteroatoms. The van der Waals surface area contributed by atoms with E-state index in [-0.39, 0.29) is 64.5 Å². The zero-order valence-electron chi connectivity index (χ0n) is 13.2. The molecule has 0 aromatic heterocycles. The number of rotatable bonds is 6. The van der Waals surface area contributed by atoms with E-state index in [2.05, 4.69) is 0 Å². The molecule has 0 aliphatic rings. The molecule has 0 aliphatic heterocycles. The summed E-state index contributed by atoms with van der Waals surface area (Å²) in [7, 11) is 0. The van der Waals surface area contributed by atoms with Gasteiger partial charge in [0.2, 0.25) is 0 Å². The van der Waals surface area contributed by atoms with E-state index in [4.69, 9.17) is 97.5 Å². The fourth-order valence-electron chi connectivity index (χ4n) is 2.26. The van der Waals surface area contributed by atoms with Gasteiger partial charge in [-0.15, -0.1) is 0 Å². The summed E-state index contributed by atoms with van der Waals surface area (Å²) in [6, 6.07) is 0. The van der Waals surface area contributed by atoms with Crippen molar-refractivity contribution in [2.24, 2.45) is 0 Å². The predicted molar refractivity (Wildman–Crippen MR) is 113 cm³/mol. The third-order valence-corrected chi connectivity index (χ3v) is 7.42. The lowest BCUT2D eigenvalue weighted by atomic mass is 10.1. The van der Waals surface area contributed by atoms with Gasteiger partial charge in [-0.3, -0.25) is 0 Å². The van der Waals surface area contributed by atoms with Gasteiger partial charge in [-0.25, -0.2) is 0 Å². The normalized spacial score (nSPS) is 11.3. The highest BCUT2D eigenvalue weighted by Gasteiger charge is 2.22. The molecule has 0 heterocycles. The number of aliphatic hydroxyl groups is 2. The maximum Gasteiger partial charge on any atom is 0.0786 e. The molecule has 148 valence electrons. The summed E-state index contributed by atoms with van der Waals surface area (Å²) >= 11 is 49.0. The first-order valence-corrected chi connectivity index (χ1v) is 10.2. The number of hydrogen-bond acceptors (Lipinski definition) is 3. The van der Waals surface area contributed by atoms with Gasteiger partial charge in [0.05, 0.1) is 66.6 Å². The first-order chi connectivity index (χ1) is 12.7. The van der Waals surface area contributed by atoms with Crippen LogP contribution in [-0.2, 0) is 31.2 Å². The van der Waals surface area contributed by atoms with Gasteiger partial charge in [0.1, 0.15) is 0 Å². The van der Waals surface area contributed by atoms with E-state index in [1.807, 2.05) is 0 Å². The first-order valence-electron chi connectivity index (χ1n) is 7.14. The Balaban J connectivity index is 2.33. The van der Waals surface area contributed by atoms with Crippen molar-refractivity contribution in [3.63, 3.8) is 0 Å². The van der Waals surface area contributed by atoms with Gasteiger partial charge in [-0.1, -0.05) is 92.8 Å². The van der Waals surface area contributed by atoms with Crippen LogP contribution in [0.1, 0.15) is 22.3 Å². The van der Waals surface area contributed by atoms with Gasteiger partial charge in [0, 0.05) is 22.3 Å². The van der Waals surface area contributed by atoms with Crippen molar-refractivity contribution in [3.05, 3.63) is 62.4 Å². The molecular weight excluding hydrogens is 524 g/mol. The Morgan fingerprint density at radius 1 is 0.444 bits per heavy atom. The summed E-state index contributed by atoms with van der Waals surface area (Å²) < 4.78 is 5.61. The molecular formula is C16H10Cl8O3. The van der Waals surface area contributed by atoms with Crippen LogP contribution >= 0.6 is 92.8 Å². The minimum Gasteiger partial charge on any atom is -0.392 e. The molecule has 2 rings (SSSR count). The van der Waals surface area contributed by atoms with Crippen LogP contribution in [0.5, 0.6) is 0 Å². The summed E-state index contributed by atoms with van der Waals surface area (Å²) in [5, 5.41) is 19.6. The SMILES string of the molecule is OCc1c(Cl)c(Cl)c(Cl)c(COCc2c(Cl)c(Cl)c(Cl)c(CO)c2Cl)c1Cl. The molecule has 0 saturated carbocycles. The predicted octanol–water partition coefficient (Wildman–Crippen LogP) is 7.62. The van der Waals surface area contributed by atoms with Gasteiger partial charge in [0.15, 0.2) is 0 Å². The number of benzene rings is 2. The van der Waals surface area contributed by atoms with E-state index in [9.17, 15) is 10.2 Å². The van der Waals surface area contributed by atoms with Crippen molar-refractivity contribution in [2.75, 3.05) is 0 Å². The van der Waals surface area contributed by atoms with Crippen LogP contribution in [0.25, 0.3) is 0 Å². The number of aliphatic hydroxyl groups excluding tert-OH is 2. The molecule has 0 spiro atoms. The van der Waals surface area contributed by atoms with Crippen LogP contribution in [0.2, 0.25) is 40.2 Å². The quantitative estimate of drug-likeness (QED) is 0.297. The Kier molecular flexibility index (Phi) is 8.95. The van der Waals surface area contributed by atoms with E-state index in [0.717, 1.165) is 0 Å². The fourth-order valence-corrected chi connectivity index (χ4v) is 4.60. The van der Waals surface area contributed by atoms with Gasteiger partial charge in [-0.05, 0) is 0 Å². The average molecular weight is 534 g/mol. The average Bonchev–Trinajstić information content (AvgIpc) is 2.64. The second-order valence-electron chi connectivity index (χ2n) is 5.24. The zero-order valence-corrected chi connectivity index (χ0v) is 19.2. The van der Waals surface area contributed by atoms with Crippen LogP contribution in [-0.4, -0.2) is 10.2 Å². The molecule has 0 fully saturated rings. The van der Waals surface area contributed by atoms with E-state index in [0.29, 0.717) is 11.1 Å². The minimum absolute atomic E-state index is 0.0542. The standard InChI is InChI=1S/C16H10Cl8O3/c17-9-5(1-25)11(19)15(23)13(21)7(9)3-27-4-8-10(18)6(2-26)12(20)16(24)14(8)22/h25-26H,1-4H2. The maximum absolute atomic E-state index is 9.43. The van der Waals surface area contributed by atoms with Crippen molar-refractivity contribution in [1.82, 2.24) is 0 Å². The Hall–Kier alpha value is 0.640. The Morgan fingerprint density at radius 3 is 1.04 bits per heavy atom. The van der Waals surface area contributed by atoms with Crippen molar-refractivity contribution in [3.8, 4) is 0 Å². The Labute approximate surface area is 195 Å². The van der Waals surface area contributed by atoms with Gasteiger partial charge in [0.25, 0.3) is 0 Å². The smallest absolute Gasteiger partial charge is 0.0786 e. The van der Waals surface area contributed by atoms with Crippen molar-refractivity contribution < 1.29 is 14.9 Å². The molecule has 27 heavy (non-hydrogen) atoms. The van der Waals surface area contributed by atoms with Gasteiger partial charge in [-0.2, -0.15) is 0 Å². The van der Waals surface area contributed by atoms with Crippen molar-refractivity contribution in [1.29, 1.82) is 0 Å². The molecule has 2 aromatic rings. The molecule has 0 saturated heterocycles. The molecule has 2 N–H and O–H groups in total. The lowest BCUT2D eigenvalue weighted by molar-refractivity contribution is 0.107. The molecule has 0 unspecified atom stereocenters. The van der Waals surface area contributed by atoms with Gasteiger partial charge < -0.3 is 14.9 Å². The zero-order chi connectivity index (χ0) is 20.5. The van der Waals surface area contributed by atoms with E-state index in [1.165, 1.54) is 0 Å². The maximum atomic E-state index is 9.43. The molecule has 3 nitrogen and oxygen atoms in total. The summed E-state index contributed by atoms with van der Waals surface area (Å²) in [4.78, 5) is 0. The molecule has 0 atom stereocenters. The van der Waals surface area contributed by atoms with Crippen LogP contribution in [0.15, 0.2) is 0 Å². The van der Waals surface area contributed by atoms with Crippen LogP contribution in [0.4, 0.5) is 0 Å². The highest BCUT2D eigenvalue weighted by atomic mass is 35.5. The Morgan fingerprint density at radius 2 is 0.741 bits per heavy atom. The van der Waals surface area contributed by atoms with E-state index in [1.54, 1.807) is 0 Å². The van der Waals surface area contributed by atoms with Crippen LogP contribution < -0.4 is 0 Å². The number of hydrogen-bond donors (Lipinski definition) is 2. The van der Waals surface area contributed by atoms with E-state index >= 15 is 0 Å². The summed E-state index contributed by atoms with van der Waals surface area (Å²) in [6.45, 7) is -1.01. The molecule has 0 amide bonds. The molecule has 0 aliphatic carbocycles. The molecule has 0 radical (unpaired) electrons. The molecule has 0 bridgehead atoms. The third kappa shape index (κ3) is 4.70. The van der Waals surface area contributed by atoms with Crippen LogP contribution in [0, 0.1) is 0 Å². The topological polar surface area (TPSA) is 49.7 Å². The van der Waals surface area contributed by atoms with Crippen molar-refractivity contribution >= 4 is 92.8 Å². The van der Waals surface area contributed by atoms with Gasteiger partial charge >= 0.3 is 0 Å². The highest BCUT2D eigenvalue weighted by Crippen LogP contribution is 2.43. The lowest BCUT2D eigenvalue weighted by Gasteiger charge is -2.17. The van der Waals surface area contributed by atoms with Crippen molar-refractivity contribution in [2.45, 2.75) is 26.4 Å². The third-order valence-electron chi connectivity index (χ3n) is 3.70. The summed E-state index contributed by atoms with van der Waals surface area (Å²) in [5.41, 5.74) is 1.15. The second kappa shape index (κ2) is 10.1. The highest BCUT2D eigenvalue weighted by molar-refractivity contribution is 6.51. The Bertz CT molecular complexity index is 814. The lowest BCUT2D eigenvalue weighted by Crippen LogP contribution is -2.03. The molecule has 2 aromatic carbocycles. The fraction of sp³-hybridized carbons (Fsp3) is 0.250.